The molecule has 0 amide bonds. The van der Waals surface area contributed by atoms with Crippen LogP contribution in [0.4, 0.5) is 0 Å². The molecule has 1 saturated heterocycles. The van der Waals surface area contributed by atoms with Crippen LogP contribution in [0.3, 0.4) is 0 Å². The number of carbonyl (C=O) groups excluding carboxylic acids is 2. The zero-order valence-corrected chi connectivity index (χ0v) is 12.5. The lowest BCUT2D eigenvalue weighted by atomic mass is 10.0. The average molecular weight is 298 g/mol. The minimum Gasteiger partial charge on any atom is -0.455 e. The summed E-state index contributed by atoms with van der Waals surface area (Å²) in [6.07, 6.45) is 1.59. The predicted molar refractivity (Wildman–Crippen MR) is 75.3 cm³/mol. The first-order chi connectivity index (χ1) is 9.85. The molecule has 0 unspecified atom stereocenters. The second kappa shape index (κ2) is 7.95. The third-order valence-electron chi connectivity index (χ3n) is 3.27. The van der Waals surface area contributed by atoms with E-state index in [9.17, 15) is 19.8 Å². The van der Waals surface area contributed by atoms with Crippen molar-refractivity contribution in [3.8, 4) is 0 Å². The summed E-state index contributed by atoms with van der Waals surface area (Å²) in [5, 5.41) is 18.7. The van der Waals surface area contributed by atoms with E-state index >= 15 is 0 Å². The van der Waals surface area contributed by atoms with E-state index in [-0.39, 0.29) is 12.4 Å². The summed E-state index contributed by atoms with van der Waals surface area (Å²) in [6.45, 7) is 4.81. The van der Waals surface area contributed by atoms with Gasteiger partial charge in [0.2, 0.25) is 0 Å². The maximum Gasteiger partial charge on any atom is 0.333 e. The van der Waals surface area contributed by atoms with E-state index in [1.807, 2.05) is 0 Å². The van der Waals surface area contributed by atoms with Crippen LogP contribution in [-0.4, -0.2) is 46.6 Å². The van der Waals surface area contributed by atoms with Crippen molar-refractivity contribution in [1.82, 2.24) is 0 Å². The van der Waals surface area contributed by atoms with E-state index in [1.165, 1.54) is 19.1 Å². The number of ether oxygens (including phenoxy) is 2. The zero-order valence-electron chi connectivity index (χ0n) is 12.5. The molecule has 0 aromatic rings. The third-order valence-corrected chi connectivity index (χ3v) is 3.27. The van der Waals surface area contributed by atoms with Gasteiger partial charge in [0.05, 0.1) is 12.2 Å². The number of aliphatic hydroxyl groups excluding tert-OH is 2. The van der Waals surface area contributed by atoms with E-state index in [4.69, 9.17) is 9.47 Å². The molecular formula is C15H22O6. The van der Waals surface area contributed by atoms with Crippen LogP contribution in [0.1, 0.15) is 33.6 Å². The summed E-state index contributed by atoms with van der Waals surface area (Å²) in [5.41, 5.74) is 0.471. The van der Waals surface area contributed by atoms with Crippen LogP contribution in [0.15, 0.2) is 23.8 Å². The molecule has 0 aromatic heterocycles. The Bertz CT molecular complexity index is 437. The number of hydrogen-bond acceptors (Lipinski definition) is 6. The summed E-state index contributed by atoms with van der Waals surface area (Å²) < 4.78 is 10.4. The Kier molecular flexibility index (Phi) is 6.58. The molecule has 0 aliphatic carbocycles. The maximum absolute atomic E-state index is 11.8. The molecule has 21 heavy (non-hydrogen) atoms. The van der Waals surface area contributed by atoms with Crippen molar-refractivity contribution >= 4 is 11.9 Å². The van der Waals surface area contributed by atoms with Gasteiger partial charge in [-0.3, -0.25) is 4.79 Å². The van der Waals surface area contributed by atoms with Gasteiger partial charge in [-0.2, -0.15) is 0 Å². The molecule has 0 bridgehead atoms. The Morgan fingerprint density at radius 1 is 1.48 bits per heavy atom. The van der Waals surface area contributed by atoms with Gasteiger partial charge in [0, 0.05) is 12.0 Å². The SMILES string of the molecule is C/C=C(\C)C(=O)O[C@H]1CCC(=O)O[C@@H]1/C=C/[C@H](O)[C@@H](C)O. The number of aliphatic hydroxyl groups is 2. The van der Waals surface area contributed by atoms with Gasteiger partial charge in [-0.05, 0) is 33.3 Å². The van der Waals surface area contributed by atoms with E-state index < -0.39 is 30.4 Å². The van der Waals surface area contributed by atoms with Crippen molar-refractivity contribution in [2.75, 3.05) is 0 Å². The van der Waals surface area contributed by atoms with Crippen LogP contribution < -0.4 is 0 Å². The van der Waals surface area contributed by atoms with Crippen molar-refractivity contribution in [1.29, 1.82) is 0 Å². The molecular weight excluding hydrogens is 276 g/mol. The number of cyclic esters (lactones) is 1. The highest BCUT2D eigenvalue weighted by Crippen LogP contribution is 2.21. The molecule has 0 saturated carbocycles. The summed E-state index contributed by atoms with van der Waals surface area (Å²) in [5.74, 6) is -0.846. The van der Waals surface area contributed by atoms with Crippen molar-refractivity contribution in [3.05, 3.63) is 23.8 Å². The Balaban J connectivity index is 2.75. The van der Waals surface area contributed by atoms with Crippen LogP contribution in [-0.2, 0) is 19.1 Å². The van der Waals surface area contributed by atoms with Gasteiger partial charge in [0.15, 0.2) is 6.10 Å². The zero-order chi connectivity index (χ0) is 16.0. The minimum atomic E-state index is -1.07. The maximum atomic E-state index is 11.8. The molecule has 6 nitrogen and oxygen atoms in total. The van der Waals surface area contributed by atoms with Gasteiger partial charge in [-0.25, -0.2) is 4.79 Å². The summed E-state index contributed by atoms with van der Waals surface area (Å²) in [7, 11) is 0. The molecule has 6 heteroatoms. The van der Waals surface area contributed by atoms with Crippen LogP contribution >= 0.6 is 0 Å². The van der Waals surface area contributed by atoms with Crippen LogP contribution in [0.25, 0.3) is 0 Å². The molecule has 1 rings (SSSR count). The molecule has 118 valence electrons. The van der Waals surface area contributed by atoms with Gasteiger partial charge in [0.25, 0.3) is 0 Å². The number of hydrogen-bond donors (Lipinski definition) is 2. The molecule has 0 spiro atoms. The lowest BCUT2D eigenvalue weighted by molar-refractivity contribution is -0.170. The van der Waals surface area contributed by atoms with Crippen LogP contribution in [0.5, 0.6) is 0 Å². The lowest BCUT2D eigenvalue weighted by Crippen LogP contribution is -2.39. The van der Waals surface area contributed by atoms with Crippen molar-refractivity contribution in [2.45, 2.75) is 58.0 Å². The highest BCUT2D eigenvalue weighted by Gasteiger charge is 2.32. The molecule has 1 aliphatic rings. The first kappa shape index (κ1) is 17.4. The minimum absolute atomic E-state index is 0.177. The Morgan fingerprint density at radius 2 is 2.14 bits per heavy atom. The molecule has 0 aromatic carbocycles. The van der Waals surface area contributed by atoms with Gasteiger partial charge >= 0.3 is 11.9 Å². The fourth-order valence-corrected chi connectivity index (χ4v) is 1.73. The molecule has 1 heterocycles. The van der Waals surface area contributed by atoms with Crippen molar-refractivity contribution < 1.29 is 29.3 Å². The fraction of sp³-hybridized carbons (Fsp3) is 0.600. The Labute approximate surface area is 124 Å². The van der Waals surface area contributed by atoms with Gasteiger partial charge in [-0.1, -0.05) is 12.2 Å². The van der Waals surface area contributed by atoms with E-state index in [2.05, 4.69) is 0 Å². The highest BCUT2D eigenvalue weighted by molar-refractivity contribution is 5.87. The smallest absolute Gasteiger partial charge is 0.333 e. The highest BCUT2D eigenvalue weighted by atomic mass is 16.6. The molecule has 2 N–H and O–H groups in total. The molecule has 4 atom stereocenters. The monoisotopic (exact) mass is 298 g/mol. The molecule has 1 fully saturated rings. The average Bonchev–Trinajstić information content (AvgIpc) is 2.45. The van der Waals surface area contributed by atoms with E-state index in [1.54, 1.807) is 19.9 Å². The normalized spacial score (nSPS) is 26.3. The topological polar surface area (TPSA) is 93.1 Å². The Morgan fingerprint density at radius 3 is 2.71 bits per heavy atom. The quantitative estimate of drug-likeness (QED) is 0.444. The molecule has 0 radical (unpaired) electrons. The second-order valence-electron chi connectivity index (χ2n) is 5.02. The summed E-state index contributed by atoms with van der Waals surface area (Å²) in [4.78, 5) is 23.1. The van der Waals surface area contributed by atoms with E-state index in [0.717, 1.165) is 0 Å². The number of rotatable bonds is 5. The number of allylic oxidation sites excluding steroid dienone is 1. The number of esters is 2. The van der Waals surface area contributed by atoms with Gasteiger partial charge in [-0.15, -0.1) is 0 Å². The summed E-state index contributed by atoms with van der Waals surface area (Å²) in [6, 6.07) is 0. The second-order valence-corrected chi connectivity index (χ2v) is 5.02. The predicted octanol–water partition coefficient (Wildman–Crippen LogP) is 0.868. The summed E-state index contributed by atoms with van der Waals surface area (Å²) >= 11 is 0. The number of carbonyl (C=O) groups is 2. The van der Waals surface area contributed by atoms with Crippen LogP contribution in [0, 0.1) is 0 Å². The third kappa shape index (κ3) is 5.32. The van der Waals surface area contributed by atoms with Crippen molar-refractivity contribution in [3.63, 3.8) is 0 Å². The van der Waals surface area contributed by atoms with E-state index in [0.29, 0.717) is 12.0 Å². The lowest BCUT2D eigenvalue weighted by Gasteiger charge is -2.29. The first-order valence-electron chi connectivity index (χ1n) is 6.93. The molecule has 1 aliphatic heterocycles. The van der Waals surface area contributed by atoms with Gasteiger partial charge in [0.1, 0.15) is 6.10 Å². The fourth-order valence-electron chi connectivity index (χ4n) is 1.73. The first-order valence-corrected chi connectivity index (χ1v) is 6.93. The Hall–Kier alpha value is -1.66. The van der Waals surface area contributed by atoms with Gasteiger partial charge < -0.3 is 19.7 Å². The van der Waals surface area contributed by atoms with Crippen LogP contribution in [0.2, 0.25) is 0 Å². The van der Waals surface area contributed by atoms with Crippen molar-refractivity contribution in [2.24, 2.45) is 0 Å². The standard InChI is InChI=1S/C15H22O6/c1-4-9(2)15(19)21-13-7-8-14(18)20-12(13)6-5-11(17)10(3)16/h4-6,10-13,16-17H,7-8H2,1-3H3/b6-5+,9-4+/t10-,11+,12-,13+/m1/s1. The largest absolute Gasteiger partial charge is 0.455 e.